The van der Waals surface area contributed by atoms with Gasteiger partial charge in [-0.2, -0.15) is 0 Å². The molecule has 0 spiro atoms. The van der Waals surface area contributed by atoms with E-state index in [2.05, 4.69) is 0 Å². The van der Waals surface area contributed by atoms with Gasteiger partial charge in [-0.3, -0.25) is 9.59 Å². The summed E-state index contributed by atoms with van der Waals surface area (Å²) in [6.45, 7) is 2.78. The van der Waals surface area contributed by atoms with E-state index in [1.54, 1.807) is 0 Å². The van der Waals surface area contributed by atoms with Crippen LogP contribution in [0.15, 0.2) is 30.3 Å². The number of ether oxygens (including phenoxy) is 2. The summed E-state index contributed by atoms with van der Waals surface area (Å²) < 4.78 is 11.1. The maximum Gasteiger partial charge on any atom is 0.303 e. The fourth-order valence-corrected chi connectivity index (χ4v) is 2.95. The molecule has 4 heteroatoms. The molecule has 0 amide bonds. The number of hydrogen-bond acceptors (Lipinski definition) is 4. The molecule has 0 N–H and O–H groups in total. The van der Waals surface area contributed by atoms with E-state index >= 15 is 0 Å². The second-order valence-electron chi connectivity index (χ2n) is 5.19. The second kappa shape index (κ2) is 6.07. The zero-order valence-corrected chi connectivity index (χ0v) is 11.9. The molecule has 4 nitrogen and oxygen atoms in total. The van der Waals surface area contributed by atoms with Crippen LogP contribution in [0.2, 0.25) is 0 Å². The minimum absolute atomic E-state index is 0.343. The number of hydrogen-bond donors (Lipinski definition) is 0. The Bertz CT molecular complexity index is 483. The molecule has 0 unspecified atom stereocenters. The van der Waals surface area contributed by atoms with Gasteiger partial charge in [0, 0.05) is 13.8 Å². The van der Waals surface area contributed by atoms with Crippen molar-refractivity contribution in [3.63, 3.8) is 0 Å². The van der Waals surface area contributed by atoms with E-state index in [4.69, 9.17) is 9.47 Å². The van der Waals surface area contributed by atoms with E-state index in [1.807, 2.05) is 30.3 Å². The van der Waals surface area contributed by atoms with E-state index in [1.165, 1.54) is 13.8 Å². The van der Waals surface area contributed by atoms with E-state index in [0.29, 0.717) is 12.8 Å². The van der Waals surface area contributed by atoms with Crippen molar-refractivity contribution >= 4 is 11.9 Å². The third-order valence-electron chi connectivity index (χ3n) is 3.68. The van der Waals surface area contributed by atoms with Crippen LogP contribution in [0.1, 0.15) is 45.1 Å². The Morgan fingerprint density at radius 2 is 1.80 bits per heavy atom. The van der Waals surface area contributed by atoms with Crippen LogP contribution in [0.3, 0.4) is 0 Å². The normalized spacial score (nSPS) is 25.8. The molecule has 1 aliphatic carbocycles. The van der Waals surface area contributed by atoms with Gasteiger partial charge in [0.15, 0.2) is 5.60 Å². The Morgan fingerprint density at radius 3 is 2.40 bits per heavy atom. The summed E-state index contributed by atoms with van der Waals surface area (Å²) in [5, 5.41) is 0. The molecule has 0 saturated heterocycles. The molecule has 20 heavy (non-hydrogen) atoms. The molecular formula is C16H20O4. The van der Waals surface area contributed by atoms with Crippen molar-refractivity contribution in [1.29, 1.82) is 0 Å². The smallest absolute Gasteiger partial charge is 0.303 e. The topological polar surface area (TPSA) is 52.6 Å². The number of rotatable bonds is 3. The first-order chi connectivity index (χ1) is 9.54. The van der Waals surface area contributed by atoms with Crippen molar-refractivity contribution in [3.05, 3.63) is 35.9 Å². The summed E-state index contributed by atoms with van der Waals surface area (Å²) >= 11 is 0. The van der Waals surface area contributed by atoms with Crippen molar-refractivity contribution in [2.24, 2.45) is 0 Å². The van der Waals surface area contributed by atoms with E-state index in [9.17, 15) is 9.59 Å². The average molecular weight is 276 g/mol. The van der Waals surface area contributed by atoms with Crippen molar-refractivity contribution in [1.82, 2.24) is 0 Å². The Morgan fingerprint density at radius 1 is 1.10 bits per heavy atom. The number of carbonyl (C=O) groups is 2. The summed E-state index contributed by atoms with van der Waals surface area (Å²) in [4.78, 5) is 22.9. The van der Waals surface area contributed by atoms with Crippen molar-refractivity contribution < 1.29 is 19.1 Å². The fourth-order valence-electron chi connectivity index (χ4n) is 2.95. The third kappa shape index (κ3) is 3.00. The third-order valence-corrected chi connectivity index (χ3v) is 3.68. The highest BCUT2D eigenvalue weighted by Gasteiger charge is 2.47. The number of benzene rings is 1. The lowest BCUT2D eigenvalue weighted by Gasteiger charge is -2.42. The summed E-state index contributed by atoms with van der Waals surface area (Å²) in [5.74, 6) is -0.697. The predicted octanol–water partition coefficient (Wildman–Crippen LogP) is 2.95. The first-order valence-electron chi connectivity index (χ1n) is 6.97. The molecule has 1 aromatic carbocycles. The van der Waals surface area contributed by atoms with Crippen molar-refractivity contribution in [2.45, 2.75) is 51.2 Å². The van der Waals surface area contributed by atoms with Crippen LogP contribution < -0.4 is 0 Å². The molecule has 2 rings (SSSR count). The van der Waals surface area contributed by atoms with Crippen LogP contribution in [0.4, 0.5) is 0 Å². The molecule has 2 atom stereocenters. The molecule has 0 heterocycles. The first kappa shape index (κ1) is 14.6. The van der Waals surface area contributed by atoms with Gasteiger partial charge in [-0.05, 0) is 31.2 Å². The summed E-state index contributed by atoms with van der Waals surface area (Å²) in [6, 6.07) is 9.56. The molecular weight excluding hydrogens is 256 g/mol. The molecule has 1 saturated carbocycles. The maximum absolute atomic E-state index is 11.6. The lowest BCUT2D eigenvalue weighted by Crippen LogP contribution is -2.47. The lowest BCUT2D eigenvalue weighted by molar-refractivity contribution is -0.194. The van der Waals surface area contributed by atoms with Crippen LogP contribution in [-0.4, -0.2) is 18.0 Å². The van der Waals surface area contributed by atoms with Crippen LogP contribution in [-0.2, 0) is 24.7 Å². The number of carbonyl (C=O) groups excluding carboxylic acids is 2. The highest BCUT2D eigenvalue weighted by atomic mass is 16.6. The zero-order valence-electron chi connectivity index (χ0n) is 11.9. The van der Waals surface area contributed by atoms with Gasteiger partial charge in [-0.1, -0.05) is 30.3 Å². The second-order valence-corrected chi connectivity index (χ2v) is 5.19. The largest absolute Gasteiger partial charge is 0.458 e. The van der Waals surface area contributed by atoms with Gasteiger partial charge in [0.2, 0.25) is 0 Å². The van der Waals surface area contributed by atoms with Crippen LogP contribution in [0.25, 0.3) is 0 Å². The molecule has 0 bridgehead atoms. The number of esters is 2. The summed E-state index contributed by atoms with van der Waals surface area (Å²) in [6.07, 6.45) is 2.88. The van der Waals surface area contributed by atoms with E-state index in [0.717, 1.165) is 18.4 Å². The summed E-state index contributed by atoms with van der Waals surface area (Å²) in [5.41, 5.74) is 0.0398. The van der Waals surface area contributed by atoms with Crippen LogP contribution in [0, 0.1) is 0 Å². The van der Waals surface area contributed by atoms with Gasteiger partial charge >= 0.3 is 11.9 Å². The minimum Gasteiger partial charge on any atom is -0.458 e. The van der Waals surface area contributed by atoms with Gasteiger partial charge in [-0.15, -0.1) is 0 Å². The molecule has 1 fully saturated rings. The van der Waals surface area contributed by atoms with E-state index in [-0.39, 0.29) is 11.9 Å². The molecule has 108 valence electrons. The van der Waals surface area contributed by atoms with Gasteiger partial charge < -0.3 is 9.47 Å². The lowest BCUT2D eigenvalue weighted by atomic mass is 9.77. The molecule has 0 aliphatic heterocycles. The van der Waals surface area contributed by atoms with Gasteiger partial charge in [0.05, 0.1) is 0 Å². The van der Waals surface area contributed by atoms with Crippen LogP contribution >= 0.6 is 0 Å². The fraction of sp³-hybridized carbons (Fsp3) is 0.500. The predicted molar refractivity (Wildman–Crippen MR) is 73.9 cm³/mol. The van der Waals surface area contributed by atoms with Gasteiger partial charge in [0.1, 0.15) is 6.10 Å². The van der Waals surface area contributed by atoms with E-state index < -0.39 is 11.7 Å². The monoisotopic (exact) mass is 276 g/mol. The maximum atomic E-state index is 11.6. The average Bonchev–Trinajstić information content (AvgIpc) is 2.41. The quantitative estimate of drug-likeness (QED) is 0.796. The van der Waals surface area contributed by atoms with Crippen molar-refractivity contribution in [3.8, 4) is 0 Å². The van der Waals surface area contributed by atoms with Crippen molar-refractivity contribution in [2.75, 3.05) is 0 Å². The SMILES string of the molecule is CC(=O)O[C@@H]1CCCC[C@@]1(OC(C)=O)c1ccccc1. The first-order valence-corrected chi connectivity index (χ1v) is 6.97. The van der Waals surface area contributed by atoms with Gasteiger partial charge in [-0.25, -0.2) is 0 Å². The molecule has 0 radical (unpaired) electrons. The van der Waals surface area contributed by atoms with Gasteiger partial charge in [0.25, 0.3) is 0 Å². The zero-order chi connectivity index (χ0) is 14.6. The standard InChI is InChI=1S/C16H20O4/c1-12(17)19-15-10-6-7-11-16(15,20-13(2)18)14-8-4-3-5-9-14/h3-5,8-9,15H,6-7,10-11H2,1-2H3/t15-,16-/m1/s1. The minimum atomic E-state index is -0.850. The Hall–Kier alpha value is -1.84. The Balaban J connectivity index is 2.42. The molecule has 1 aliphatic rings. The Labute approximate surface area is 119 Å². The summed E-state index contributed by atoms with van der Waals surface area (Å²) in [7, 11) is 0. The van der Waals surface area contributed by atoms with Crippen LogP contribution in [0.5, 0.6) is 0 Å². The Kier molecular flexibility index (Phi) is 4.42. The highest BCUT2D eigenvalue weighted by Crippen LogP contribution is 2.42. The molecule has 1 aromatic rings. The molecule has 0 aromatic heterocycles. The highest BCUT2D eigenvalue weighted by molar-refractivity contribution is 5.68.